The van der Waals surface area contributed by atoms with E-state index >= 15 is 0 Å². The summed E-state index contributed by atoms with van der Waals surface area (Å²) in [5.74, 6) is 1.53. The molecule has 0 aromatic heterocycles. The maximum absolute atomic E-state index is 9.20. The van der Waals surface area contributed by atoms with E-state index in [0.717, 1.165) is 47.7 Å². The highest BCUT2D eigenvalue weighted by Gasteiger charge is 2.26. The summed E-state index contributed by atoms with van der Waals surface area (Å²) >= 11 is 3.47. The summed E-state index contributed by atoms with van der Waals surface area (Å²) < 4.78 is 11.7. The van der Waals surface area contributed by atoms with Gasteiger partial charge in [-0.05, 0) is 28.1 Å². The third-order valence-corrected chi connectivity index (χ3v) is 4.36. The second-order valence-corrected chi connectivity index (χ2v) is 5.75. The molecule has 5 nitrogen and oxygen atoms in total. The molecule has 1 aliphatic heterocycles. The second-order valence-electron chi connectivity index (χ2n) is 4.89. The average molecular weight is 354 g/mol. The molecular weight excluding hydrogens is 334 g/mol. The molecule has 114 valence electrons. The number of hydrogen-bond acceptors (Lipinski definition) is 5. The molecule has 0 saturated carbocycles. The molecule has 1 saturated heterocycles. The highest BCUT2D eigenvalue weighted by atomic mass is 79.9. The third-order valence-electron chi connectivity index (χ3n) is 3.74. The van der Waals surface area contributed by atoms with E-state index in [1.54, 1.807) is 14.2 Å². The number of ether oxygens (including phenoxy) is 2. The molecule has 1 N–H and O–H groups in total. The lowest BCUT2D eigenvalue weighted by atomic mass is 10.00. The normalized spacial score (nSPS) is 17.0. The molecule has 1 aromatic rings. The fourth-order valence-corrected chi connectivity index (χ4v) is 3.14. The number of nitriles is 1. The first kappa shape index (κ1) is 16.1. The van der Waals surface area contributed by atoms with Crippen LogP contribution in [0.1, 0.15) is 18.0 Å². The van der Waals surface area contributed by atoms with Crippen LogP contribution >= 0.6 is 15.9 Å². The van der Waals surface area contributed by atoms with E-state index in [1.807, 2.05) is 12.1 Å². The van der Waals surface area contributed by atoms with Gasteiger partial charge in [-0.2, -0.15) is 5.26 Å². The lowest BCUT2D eigenvalue weighted by Gasteiger charge is -2.34. The molecule has 21 heavy (non-hydrogen) atoms. The van der Waals surface area contributed by atoms with Crippen molar-refractivity contribution in [1.82, 2.24) is 10.2 Å². The fourth-order valence-electron chi connectivity index (χ4n) is 2.66. The zero-order valence-electron chi connectivity index (χ0n) is 12.4. The Morgan fingerprint density at radius 3 is 2.52 bits per heavy atom. The van der Waals surface area contributed by atoms with Gasteiger partial charge in [0.05, 0.1) is 37.2 Å². The Balaban J connectivity index is 2.40. The molecule has 1 heterocycles. The van der Waals surface area contributed by atoms with Crippen molar-refractivity contribution in [2.75, 3.05) is 40.4 Å². The van der Waals surface area contributed by atoms with Crippen LogP contribution in [0.2, 0.25) is 0 Å². The van der Waals surface area contributed by atoms with Gasteiger partial charge >= 0.3 is 0 Å². The number of benzene rings is 1. The molecule has 1 fully saturated rings. The van der Waals surface area contributed by atoms with Crippen molar-refractivity contribution in [3.8, 4) is 17.6 Å². The summed E-state index contributed by atoms with van der Waals surface area (Å²) in [4.78, 5) is 2.32. The first-order chi connectivity index (χ1) is 10.2. The first-order valence-electron chi connectivity index (χ1n) is 6.94. The zero-order chi connectivity index (χ0) is 15.2. The van der Waals surface area contributed by atoms with E-state index in [0.29, 0.717) is 6.42 Å². The Morgan fingerprint density at radius 2 is 1.95 bits per heavy atom. The number of hydrogen-bond donors (Lipinski definition) is 1. The largest absolute Gasteiger partial charge is 0.496 e. The van der Waals surface area contributed by atoms with Crippen molar-refractivity contribution < 1.29 is 9.47 Å². The maximum Gasteiger partial charge on any atom is 0.133 e. The van der Waals surface area contributed by atoms with Gasteiger partial charge in [0.25, 0.3) is 0 Å². The van der Waals surface area contributed by atoms with Crippen LogP contribution in [0.3, 0.4) is 0 Å². The number of nitrogens with zero attached hydrogens (tertiary/aromatic N) is 2. The quantitative estimate of drug-likeness (QED) is 0.880. The smallest absolute Gasteiger partial charge is 0.133 e. The van der Waals surface area contributed by atoms with Gasteiger partial charge < -0.3 is 14.8 Å². The van der Waals surface area contributed by atoms with Gasteiger partial charge in [-0.1, -0.05) is 0 Å². The number of nitrogens with one attached hydrogen (secondary N) is 1. The Morgan fingerprint density at radius 1 is 1.29 bits per heavy atom. The van der Waals surface area contributed by atoms with E-state index in [2.05, 4.69) is 32.2 Å². The molecule has 1 aromatic carbocycles. The zero-order valence-corrected chi connectivity index (χ0v) is 13.9. The molecule has 1 aliphatic rings. The molecule has 1 atom stereocenters. The Hall–Kier alpha value is -1.29. The summed E-state index contributed by atoms with van der Waals surface area (Å²) in [6.07, 6.45) is 0.432. The van der Waals surface area contributed by atoms with Crippen molar-refractivity contribution >= 4 is 15.9 Å². The van der Waals surface area contributed by atoms with Gasteiger partial charge in [-0.25, -0.2) is 0 Å². The molecule has 0 unspecified atom stereocenters. The second kappa shape index (κ2) is 7.64. The monoisotopic (exact) mass is 353 g/mol. The van der Waals surface area contributed by atoms with Crippen LogP contribution < -0.4 is 14.8 Å². The standard InChI is InChI=1S/C15H20BrN3O2/c1-20-14-10-12(16)15(21-2)9-11(14)13(3-4-17)19-7-5-18-6-8-19/h9-10,13,18H,3,5-8H2,1-2H3/t13-/m1/s1. The minimum absolute atomic E-state index is 0.0223. The number of piperazine rings is 1. The lowest BCUT2D eigenvalue weighted by Crippen LogP contribution is -2.45. The predicted octanol–water partition coefficient (Wildman–Crippen LogP) is 2.33. The molecule has 0 bridgehead atoms. The third kappa shape index (κ3) is 3.67. The van der Waals surface area contributed by atoms with E-state index in [4.69, 9.17) is 9.47 Å². The molecule has 0 aliphatic carbocycles. The van der Waals surface area contributed by atoms with Crippen molar-refractivity contribution in [3.63, 3.8) is 0 Å². The highest BCUT2D eigenvalue weighted by molar-refractivity contribution is 9.10. The molecule has 0 radical (unpaired) electrons. The number of methoxy groups -OCH3 is 2. The number of rotatable bonds is 5. The summed E-state index contributed by atoms with van der Waals surface area (Å²) in [6, 6.07) is 6.19. The van der Waals surface area contributed by atoms with Gasteiger partial charge in [0, 0.05) is 31.7 Å². The van der Waals surface area contributed by atoms with E-state index in [9.17, 15) is 5.26 Å². The summed E-state index contributed by atoms with van der Waals surface area (Å²) in [5.41, 5.74) is 1.00. The highest BCUT2D eigenvalue weighted by Crippen LogP contribution is 2.39. The summed E-state index contributed by atoms with van der Waals surface area (Å²) in [7, 11) is 3.29. The van der Waals surface area contributed by atoms with Gasteiger partial charge in [0.1, 0.15) is 11.5 Å². The SMILES string of the molecule is COc1cc([C@@H](CC#N)N2CCNCC2)c(OC)cc1Br. The van der Waals surface area contributed by atoms with Crippen molar-refractivity contribution in [1.29, 1.82) is 5.26 Å². The van der Waals surface area contributed by atoms with Gasteiger partial charge in [0.2, 0.25) is 0 Å². The van der Waals surface area contributed by atoms with Crippen molar-refractivity contribution in [2.24, 2.45) is 0 Å². The Kier molecular flexibility index (Phi) is 5.85. The van der Waals surface area contributed by atoms with Crippen LogP contribution in [0.15, 0.2) is 16.6 Å². The van der Waals surface area contributed by atoms with Gasteiger partial charge in [-0.3, -0.25) is 4.90 Å². The molecule has 0 spiro atoms. The van der Waals surface area contributed by atoms with Crippen LogP contribution in [0.25, 0.3) is 0 Å². The van der Waals surface area contributed by atoms with Gasteiger partial charge in [-0.15, -0.1) is 0 Å². The van der Waals surface area contributed by atoms with Gasteiger partial charge in [0.15, 0.2) is 0 Å². The topological polar surface area (TPSA) is 57.5 Å². The Bertz CT molecular complexity index is 524. The lowest BCUT2D eigenvalue weighted by molar-refractivity contribution is 0.172. The van der Waals surface area contributed by atoms with Crippen molar-refractivity contribution in [3.05, 3.63) is 22.2 Å². The van der Waals surface area contributed by atoms with Crippen LogP contribution in [0.4, 0.5) is 0 Å². The predicted molar refractivity (Wildman–Crippen MR) is 84.7 cm³/mol. The number of halogens is 1. The van der Waals surface area contributed by atoms with Crippen LogP contribution in [0, 0.1) is 11.3 Å². The molecular formula is C15H20BrN3O2. The maximum atomic E-state index is 9.20. The minimum Gasteiger partial charge on any atom is -0.496 e. The van der Waals surface area contributed by atoms with Crippen LogP contribution in [-0.4, -0.2) is 45.3 Å². The summed E-state index contributed by atoms with van der Waals surface area (Å²) in [5, 5.41) is 12.5. The van der Waals surface area contributed by atoms with Crippen LogP contribution in [-0.2, 0) is 0 Å². The molecule has 0 amide bonds. The summed E-state index contributed by atoms with van der Waals surface area (Å²) in [6.45, 7) is 3.73. The minimum atomic E-state index is 0.0223. The van der Waals surface area contributed by atoms with E-state index in [1.165, 1.54) is 0 Å². The fraction of sp³-hybridized carbons (Fsp3) is 0.533. The van der Waals surface area contributed by atoms with Crippen molar-refractivity contribution in [2.45, 2.75) is 12.5 Å². The Labute approximate surface area is 134 Å². The first-order valence-corrected chi connectivity index (χ1v) is 7.73. The van der Waals surface area contributed by atoms with Crippen LogP contribution in [0.5, 0.6) is 11.5 Å². The average Bonchev–Trinajstić information content (AvgIpc) is 2.53. The van der Waals surface area contributed by atoms with E-state index < -0.39 is 0 Å². The van der Waals surface area contributed by atoms with E-state index in [-0.39, 0.29) is 6.04 Å². The molecule has 2 rings (SSSR count). The molecule has 6 heteroatoms.